The Kier molecular flexibility index (Phi) is 4.88. The number of hydrogen-bond donors (Lipinski definition) is 0. The first-order valence-corrected chi connectivity index (χ1v) is 5.81. The van der Waals surface area contributed by atoms with Crippen LogP contribution in [0.25, 0.3) is 0 Å². The molecule has 15 heavy (non-hydrogen) atoms. The number of carbonyl (C=O) groups is 1. The minimum Gasteiger partial charge on any atom is -0.443 e. The van der Waals surface area contributed by atoms with E-state index in [0.717, 1.165) is 39.0 Å². The molecule has 1 heterocycles. The normalized spacial score (nSPS) is 21.2. The van der Waals surface area contributed by atoms with Crippen molar-refractivity contribution in [3.8, 4) is 0 Å². The zero-order chi connectivity index (χ0) is 11.3. The molecule has 1 atom stereocenters. The van der Waals surface area contributed by atoms with E-state index in [2.05, 4.69) is 18.7 Å². The lowest BCUT2D eigenvalue weighted by atomic mass is 10.3. The minimum atomic E-state index is -0.141. The summed E-state index contributed by atoms with van der Waals surface area (Å²) in [5.41, 5.74) is 0. The highest BCUT2D eigenvalue weighted by atomic mass is 16.6. The molecule has 0 aromatic carbocycles. The largest absolute Gasteiger partial charge is 0.443 e. The zero-order valence-electron chi connectivity index (χ0n) is 10.0. The van der Waals surface area contributed by atoms with Gasteiger partial charge in [-0.3, -0.25) is 0 Å². The van der Waals surface area contributed by atoms with Crippen molar-refractivity contribution < 1.29 is 9.53 Å². The van der Waals surface area contributed by atoms with Gasteiger partial charge < -0.3 is 14.5 Å². The van der Waals surface area contributed by atoms with Gasteiger partial charge in [0.2, 0.25) is 0 Å². The molecule has 0 bridgehead atoms. The van der Waals surface area contributed by atoms with Crippen LogP contribution in [0, 0.1) is 0 Å². The third-order valence-corrected chi connectivity index (χ3v) is 2.79. The first kappa shape index (κ1) is 12.3. The Morgan fingerprint density at radius 1 is 1.53 bits per heavy atom. The van der Waals surface area contributed by atoms with Crippen LogP contribution < -0.4 is 0 Å². The number of unbranched alkanes of at least 4 members (excludes halogenated alkanes) is 1. The van der Waals surface area contributed by atoms with Gasteiger partial charge in [-0.25, -0.2) is 4.79 Å². The fourth-order valence-electron chi connectivity index (χ4n) is 1.68. The van der Waals surface area contributed by atoms with Crippen molar-refractivity contribution in [3.63, 3.8) is 0 Å². The van der Waals surface area contributed by atoms with E-state index < -0.39 is 0 Å². The second-order valence-electron chi connectivity index (χ2n) is 4.16. The number of amides is 1. The van der Waals surface area contributed by atoms with Crippen molar-refractivity contribution in [2.24, 2.45) is 0 Å². The first-order chi connectivity index (χ1) is 7.17. The van der Waals surface area contributed by atoms with E-state index in [9.17, 15) is 4.79 Å². The summed E-state index contributed by atoms with van der Waals surface area (Å²) in [4.78, 5) is 15.4. The molecular weight excluding hydrogens is 192 g/mol. The molecule has 0 unspecified atom stereocenters. The van der Waals surface area contributed by atoms with Crippen molar-refractivity contribution >= 4 is 6.09 Å². The number of rotatable bonds is 6. The molecule has 0 aliphatic carbocycles. The Hall–Kier alpha value is -0.770. The summed E-state index contributed by atoms with van der Waals surface area (Å²) in [6, 6.07) is 0. The number of hydrogen-bond acceptors (Lipinski definition) is 3. The van der Waals surface area contributed by atoms with Gasteiger partial charge in [0.15, 0.2) is 0 Å². The van der Waals surface area contributed by atoms with E-state index in [1.807, 2.05) is 11.9 Å². The van der Waals surface area contributed by atoms with Crippen LogP contribution in [0.2, 0.25) is 0 Å². The molecule has 1 amide bonds. The lowest BCUT2D eigenvalue weighted by molar-refractivity contribution is 0.114. The van der Waals surface area contributed by atoms with Crippen LogP contribution >= 0.6 is 0 Å². The zero-order valence-corrected chi connectivity index (χ0v) is 10.0. The van der Waals surface area contributed by atoms with Gasteiger partial charge in [0.05, 0.1) is 6.54 Å². The maximum absolute atomic E-state index is 11.4. The number of nitrogens with zero attached hydrogens (tertiary/aromatic N) is 2. The monoisotopic (exact) mass is 214 g/mol. The van der Waals surface area contributed by atoms with E-state index in [1.54, 1.807) is 0 Å². The van der Waals surface area contributed by atoms with E-state index in [-0.39, 0.29) is 12.2 Å². The standard InChI is InChI=1S/C11H22N2O2/c1-4-6-7-13-9-10(15-11(13)14)8-12(3)5-2/h10H,4-9H2,1-3H3/t10-/m1/s1. The van der Waals surface area contributed by atoms with Gasteiger partial charge in [-0.2, -0.15) is 0 Å². The highest BCUT2D eigenvalue weighted by Crippen LogP contribution is 2.12. The van der Waals surface area contributed by atoms with Gasteiger partial charge in [0.1, 0.15) is 6.10 Å². The summed E-state index contributed by atoms with van der Waals surface area (Å²) in [5.74, 6) is 0. The molecule has 1 saturated heterocycles. The second-order valence-corrected chi connectivity index (χ2v) is 4.16. The van der Waals surface area contributed by atoms with Crippen LogP contribution in [0.1, 0.15) is 26.7 Å². The maximum Gasteiger partial charge on any atom is 0.410 e. The van der Waals surface area contributed by atoms with Gasteiger partial charge in [0.25, 0.3) is 0 Å². The molecule has 1 aliphatic rings. The van der Waals surface area contributed by atoms with Crippen molar-refractivity contribution in [1.29, 1.82) is 0 Å². The molecule has 1 rings (SSSR count). The molecule has 0 saturated carbocycles. The average molecular weight is 214 g/mol. The molecule has 0 aromatic heterocycles. The van der Waals surface area contributed by atoms with E-state index in [0.29, 0.717) is 0 Å². The van der Waals surface area contributed by atoms with Crippen LogP contribution in [0.5, 0.6) is 0 Å². The van der Waals surface area contributed by atoms with Crippen LogP contribution in [-0.2, 0) is 4.74 Å². The summed E-state index contributed by atoms with van der Waals surface area (Å²) in [6.07, 6.45) is 2.09. The maximum atomic E-state index is 11.4. The highest BCUT2D eigenvalue weighted by molar-refractivity contribution is 5.69. The predicted molar refractivity (Wildman–Crippen MR) is 59.9 cm³/mol. The number of ether oxygens (including phenoxy) is 1. The Morgan fingerprint density at radius 2 is 2.27 bits per heavy atom. The van der Waals surface area contributed by atoms with E-state index >= 15 is 0 Å². The van der Waals surface area contributed by atoms with Gasteiger partial charge in [-0.15, -0.1) is 0 Å². The molecule has 88 valence electrons. The Bertz CT molecular complexity index is 209. The molecule has 0 N–H and O–H groups in total. The quantitative estimate of drug-likeness (QED) is 0.672. The summed E-state index contributed by atoms with van der Waals surface area (Å²) in [7, 11) is 2.04. The Morgan fingerprint density at radius 3 is 2.87 bits per heavy atom. The molecule has 1 aliphatic heterocycles. The molecule has 0 aromatic rings. The fourth-order valence-corrected chi connectivity index (χ4v) is 1.68. The van der Waals surface area contributed by atoms with E-state index in [4.69, 9.17) is 4.74 Å². The fraction of sp³-hybridized carbons (Fsp3) is 0.909. The molecule has 4 nitrogen and oxygen atoms in total. The van der Waals surface area contributed by atoms with Gasteiger partial charge in [-0.05, 0) is 20.0 Å². The second kappa shape index (κ2) is 5.95. The Labute approximate surface area is 92.2 Å². The van der Waals surface area contributed by atoms with Crippen molar-refractivity contribution in [3.05, 3.63) is 0 Å². The summed E-state index contributed by atoms with van der Waals surface area (Å²) >= 11 is 0. The molecular formula is C11H22N2O2. The smallest absolute Gasteiger partial charge is 0.410 e. The topological polar surface area (TPSA) is 32.8 Å². The Balaban J connectivity index is 2.31. The summed E-state index contributed by atoms with van der Waals surface area (Å²) in [5, 5.41) is 0. The average Bonchev–Trinajstić information content (AvgIpc) is 2.55. The SMILES string of the molecule is CCCCN1C[C@@H](CN(C)CC)OC1=O. The number of carbonyl (C=O) groups excluding carboxylic acids is 1. The lowest BCUT2D eigenvalue weighted by Crippen LogP contribution is -2.32. The van der Waals surface area contributed by atoms with Crippen molar-refractivity contribution in [2.45, 2.75) is 32.8 Å². The molecule has 4 heteroatoms. The lowest BCUT2D eigenvalue weighted by Gasteiger charge is -2.17. The summed E-state index contributed by atoms with van der Waals surface area (Å²) < 4.78 is 5.29. The van der Waals surface area contributed by atoms with E-state index in [1.165, 1.54) is 0 Å². The van der Waals surface area contributed by atoms with Crippen LogP contribution in [-0.4, -0.2) is 55.2 Å². The third-order valence-electron chi connectivity index (χ3n) is 2.79. The van der Waals surface area contributed by atoms with Crippen LogP contribution in [0.4, 0.5) is 4.79 Å². The van der Waals surface area contributed by atoms with Gasteiger partial charge in [-0.1, -0.05) is 20.3 Å². The van der Waals surface area contributed by atoms with Crippen molar-refractivity contribution in [1.82, 2.24) is 9.80 Å². The predicted octanol–water partition coefficient (Wildman–Crippen LogP) is 1.56. The number of likely N-dealkylation sites (N-methyl/N-ethyl adjacent to an activating group) is 1. The van der Waals surface area contributed by atoms with Crippen LogP contribution in [0.15, 0.2) is 0 Å². The van der Waals surface area contributed by atoms with Crippen molar-refractivity contribution in [2.75, 3.05) is 33.2 Å². The molecule has 0 radical (unpaired) electrons. The van der Waals surface area contributed by atoms with Gasteiger partial charge in [0, 0.05) is 13.1 Å². The first-order valence-electron chi connectivity index (χ1n) is 5.81. The third kappa shape index (κ3) is 3.70. The number of cyclic esters (lactones) is 1. The minimum absolute atomic E-state index is 0.0549. The van der Waals surface area contributed by atoms with Crippen LogP contribution in [0.3, 0.4) is 0 Å². The molecule has 0 spiro atoms. The summed E-state index contributed by atoms with van der Waals surface area (Å²) in [6.45, 7) is 7.65. The molecule has 1 fully saturated rings. The highest BCUT2D eigenvalue weighted by Gasteiger charge is 2.30. The van der Waals surface area contributed by atoms with Gasteiger partial charge >= 0.3 is 6.09 Å².